The number of fused-ring (bicyclic) bond motifs is 1. The molecule has 0 heterocycles. The summed E-state index contributed by atoms with van der Waals surface area (Å²) in [6, 6.07) is 19.3. The topological polar surface area (TPSA) is 52.5 Å². The highest BCUT2D eigenvalue weighted by Gasteiger charge is 2.06. The van der Waals surface area contributed by atoms with Crippen molar-refractivity contribution in [3.8, 4) is 5.75 Å². The van der Waals surface area contributed by atoms with Gasteiger partial charge in [-0.15, -0.1) is 0 Å². The van der Waals surface area contributed by atoms with E-state index < -0.39 is 0 Å². The lowest BCUT2D eigenvalue weighted by Gasteiger charge is -2.11. The van der Waals surface area contributed by atoms with Gasteiger partial charge in [0.2, 0.25) is 0 Å². The molecule has 0 aliphatic carbocycles. The largest absolute Gasteiger partial charge is 0.508 e. The zero-order valence-electron chi connectivity index (χ0n) is 11.6. The van der Waals surface area contributed by atoms with Crippen molar-refractivity contribution in [1.82, 2.24) is 0 Å². The molecule has 0 saturated carbocycles. The predicted molar refractivity (Wildman–Crippen MR) is 85.3 cm³/mol. The molecule has 0 amide bonds. The maximum atomic E-state index is 10.1. The van der Waals surface area contributed by atoms with E-state index in [1.54, 1.807) is 6.07 Å². The number of aliphatic hydroxyl groups excluding tert-OH is 1. The van der Waals surface area contributed by atoms with Crippen LogP contribution in [0.3, 0.4) is 0 Å². The Morgan fingerprint density at radius 3 is 2.38 bits per heavy atom. The fourth-order valence-electron chi connectivity index (χ4n) is 2.43. The molecular weight excluding hydrogens is 262 g/mol. The van der Waals surface area contributed by atoms with Crippen molar-refractivity contribution in [3.05, 3.63) is 71.8 Å². The van der Waals surface area contributed by atoms with E-state index in [-0.39, 0.29) is 6.61 Å². The molecule has 0 spiro atoms. The van der Waals surface area contributed by atoms with E-state index in [0.717, 1.165) is 27.6 Å². The predicted octanol–water partition coefficient (Wildman–Crippen LogP) is 3.65. The van der Waals surface area contributed by atoms with E-state index in [4.69, 9.17) is 5.11 Å². The van der Waals surface area contributed by atoms with Crippen LogP contribution in [0.1, 0.15) is 11.1 Å². The molecule has 3 rings (SSSR count). The van der Waals surface area contributed by atoms with Gasteiger partial charge in [0.05, 0.1) is 6.61 Å². The molecule has 106 valence electrons. The second-order valence-corrected chi connectivity index (χ2v) is 4.99. The van der Waals surface area contributed by atoms with Crippen molar-refractivity contribution in [1.29, 1.82) is 0 Å². The minimum atomic E-state index is 0.0460. The van der Waals surface area contributed by atoms with Gasteiger partial charge in [-0.2, -0.15) is 0 Å². The number of aromatic hydroxyl groups is 1. The third-order valence-electron chi connectivity index (χ3n) is 3.62. The number of anilines is 1. The fraction of sp³-hybridized carbons (Fsp3) is 0.111. The van der Waals surface area contributed by atoms with Crippen molar-refractivity contribution < 1.29 is 10.2 Å². The molecule has 0 unspecified atom stereocenters. The van der Waals surface area contributed by atoms with Gasteiger partial charge < -0.3 is 15.5 Å². The summed E-state index contributed by atoms with van der Waals surface area (Å²) in [6.45, 7) is 0.593. The van der Waals surface area contributed by atoms with E-state index in [1.165, 1.54) is 0 Å². The van der Waals surface area contributed by atoms with E-state index >= 15 is 0 Å². The molecule has 0 aliphatic rings. The maximum Gasteiger partial charge on any atom is 0.121 e. The van der Waals surface area contributed by atoms with Crippen LogP contribution in [-0.2, 0) is 13.2 Å². The summed E-state index contributed by atoms with van der Waals surface area (Å²) in [5.74, 6) is 0.299. The normalized spacial score (nSPS) is 10.7. The first-order chi connectivity index (χ1) is 10.3. The Balaban J connectivity index is 1.85. The van der Waals surface area contributed by atoms with Gasteiger partial charge in [0, 0.05) is 17.8 Å². The van der Waals surface area contributed by atoms with Crippen LogP contribution < -0.4 is 5.32 Å². The average Bonchev–Trinajstić information content (AvgIpc) is 2.54. The first-order valence-electron chi connectivity index (χ1n) is 6.91. The second-order valence-electron chi connectivity index (χ2n) is 4.99. The fourth-order valence-corrected chi connectivity index (χ4v) is 2.43. The molecule has 0 aromatic heterocycles. The molecule has 3 N–H and O–H groups in total. The number of hydrogen-bond donors (Lipinski definition) is 3. The summed E-state index contributed by atoms with van der Waals surface area (Å²) >= 11 is 0. The first kappa shape index (κ1) is 13.5. The van der Waals surface area contributed by atoms with E-state index in [2.05, 4.69) is 5.32 Å². The van der Waals surface area contributed by atoms with Gasteiger partial charge in [-0.05, 0) is 34.5 Å². The molecule has 3 aromatic carbocycles. The van der Waals surface area contributed by atoms with Gasteiger partial charge in [0.1, 0.15) is 5.75 Å². The quantitative estimate of drug-likeness (QED) is 0.683. The Morgan fingerprint density at radius 2 is 1.62 bits per heavy atom. The molecule has 0 bridgehead atoms. The van der Waals surface area contributed by atoms with Gasteiger partial charge in [-0.25, -0.2) is 0 Å². The van der Waals surface area contributed by atoms with E-state index in [1.807, 2.05) is 54.6 Å². The summed E-state index contributed by atoms with van der Waals surface area (Å²) in [7, 11) is 0. The lowest BCUT2D eigenvalue weighted by molar-refractivity contribution is 0.282. The Labute approximate surface area is 123 Å². The van der Waals surface area contributed by atoms with Gasteiger partial charge in [-0.3, -0.25) is 0 Å². The Hall–Kier alpha value is -2.52. The van der Waals surface area contributed by atoms with Crippen LogP contribution in [0.5, 0.6) is 5.75 Å². The summed E-state index contributed by atoms with van der Waals surface area (Å²) in [4.78, 5) is 0. The second kappa shape index (κ2) is 5.85. The average molecular weight is 279 g/mol. The van der Waals surface area contributed by atoms with E-state index in [9.17, 15) is 5.11 Å². The van der Waals surface area contributed by atoms with Crippen LogP contribution in [0.25, 0.3) is 10.8 Å². The van der Waals surface area contributed by atoms with Crippen LogP contribution in [0.4, 0.5) is 5.69 Å². The Kier molecular flexibility index (Phi) is 3.75. The van der Waals surface area contributed by atoms with Crippen molar-refractivity contribution >= 4 is 16.5 Å². The zero-order valence-corrected chi connectivity index (χ0v) is 11.6. The highest BCUT2D eigenvalue weighted by atomic mass is 16.3. The van der Waals surface area contributed by atoms with E-state index in [0.29, 0.717) is 12.3 Å². The number of aliphatic hydroxyl groups is 1. The van der Waals surface area contributed by atoms with Crippen LogP contribution in [-0.4, -0.2) is 10.2 Å². The van der Waals surface area contributed by atoms with Crippen LogP contribution in [0.2, 0.25) is 0 Å². The van der Waals surface area contributed by atoms with Crippen LogP contribution in [0.15, 0.2) is 60.7 Å². The lowest BCUT2D eigenvalue weighted by atomic mass is 10.0. The molecule has 0 saturated heterocycles. The van der Waals surface area contributed by atoms with Gasteiger partial charge in [0.15, 0.2) is 0 Å². The molecule has 0 atom stereocenters. The van der Waals surface area contributed by atoms with Crippen LogP contribution in [0, 0.1) is 0 Å². The number of phenolic OH excluding ortho intramolecular Hbond substituents is 1. The highest BCUT2D eigenvalue weighted by Crippen LogP contribution is 2.27. The molecule has 0 radical (unpaired) electrons. The highest BCUT2D eigenvalue weighted by molar-refractivity contribution is 5.87. The van der Waals surface area contributed by atoms with Crippen molar-refractivity contribution in [3.63, 3.8) is 0 Å². The molecule has 3 aromatic rings. The first-order valence-corrected chi connectivity index (χ1v) is 6.91. The third-order valence-corrected chi connectivity index (χ3v) is 3.62. The third kappa shape index (κ3) is 2.83. The lowest BCUT2D eigenvalue weighted by Crippen LogP contribution is -2.00. The number of phenols is 1. The van der Waals surface area contributed by atoms with Crippen LogP contribution >= 0.6 is 0 Å². The minimum absolute atomic E-state index is 0.0460. The van der Waals surface area contributed by atoms with Gasteiger partial charge in [-0.1, -0.05) is 42.5 Å². The smallest absolute Gasteiger partial charge is 0.121 e. The number of nitrogens with one attached hydrogen (secondary N) is 1. The molecule has 21 heavy (non-hydrogen) atoms. The summed E-state index contributed by atoms with van der Waals surface area (Å²) in [5, 5.41) is 24.6. The molecule has 3 nitrogen and oxygen atoms in total. The number of rotatable bonds is 4. The minimum Gasteiger partial charge on any atom is -0.508 e. The summed E-state index contributed by atoms with van der Waals surface area (Å²) < 4.78 is 0. The molecule has 0 aliphatic heterocycles. The zero-order chi connectivity index (χ0) is 14.7. The van der Waals surface area contributed by atoms with Crippen molar-refractivity contribution in [2.45, 2.75) is 13.2 Å². The maximum absolute atomic E-state index is 10.1. The number of benzene rings is 3. The van der Waals surface area contributed by atoms with Gasteiger partial charge >= 0.3 is 0 Å². The van der Waals surface area contributed by atoms with Gasteiger partial charge in [0.25, 0.3) is 0 Å². The monoisotopic (exact) mass is 279 g/mol. The van der Waals surface area contributed by atoms with Crippen molar-refractivity contribution in [2.24, 2.45) is 0 Å². The molecule has 0 fully saturated rings. The Bertz CT molecular complexity index is 751. The standard InChI is InChI=1S/C18H17NO2/c20-12-13-5-8-15(9-6-13)19-11-17-16-4-2-1-3-14(16)7-10-18(17)21/h1-10,19-21H,11-12H2. The SMILES string of the molecule is OCc1ccc(NCc2c(O)ccc3ccccc23)cc1. The molecular formula is C18H17NO2. The van der Waals surface area contributed by atoms with Crippen molar-refractivity contribution in [2.75, 3.05) is 5.32 Å². The Morgan fingerprint density at radius 1 is 0.857 bits per heavy atom. The summed E-state index contributed by atoms with van der Waals surface area (Å²) in [6.07, 6.45) is 0. The molecule has 3 heteroatoms. The number of hydrogen-bond acceptors (Lipinski definition) is 3. The summed E-state index contributed by atoms with van der Waals surface area (Å²) in [5.41, 5.74) is 2.73.